The van der Waals surface area contributed by atoms with Gasteiger partial charge in [-0.05, 0) is 84.9 Å². The van der Waals surface area contributed by atoms with E-state index in [0.29, 0.717) is 0 Å². The Labute approximate surface area is 356 Å². The highest BCUT2D eigenvalue weighted by molar-refractivity contribution is 6.29. The Hall–Kier alpha value is -8.48. The Kier molecular flexibility index (Phi) is 7.50. The Bertz CT molecular complexity index is 3580. The van der Waals surface area contributed by atoms with Crippen LogP contribution in [-0.2, 0) is 0 Å². The fourth-order valence-electron chi connectivity index (χ4n) is 9.73. The van der Waals surface area contributed by atoms with Crippen LogP contribution in [0.15, 0.2) is 218 Å². The maximum atomic E-state index is 5.32. The fraction of sp³-hybridized carbons (Fsp3) is 0. The highest BCUT2D eigenvalue weighted by atomic mass is 15.1. The van der Waals surface area contributed by atoms with Crippen LogP contribution < -0.4 is 0 Å². The minimum atomic E-state index is 0.919. The number of aromatic nitrogens is 6. The zero-order valence-electron chi connectivity index (χ0n) is 33.5. The SMILES string of the molecule is c1ccc(-c2nc3cc(-n4c5ccccc5c5c6c7ccccc7n(-c7ccc8c(c7)nc(-c7ccccc7)n8-c7ccccc7)c6ccc54)ccc3n2-c2ccccc2)cc1. The molecule has 13 aromatic rings. The van der Waals surface area contributed by atoms with Gasteiger partial charge in [0, 0.05) is 55.4 Å². The third-order valence-electron chi connectivity index (χ3n) is 12.4. The lowest BCUT2D eigenvalue weighted by atomic mass is 10.1. The van der Waals surface area contributed by atoms with Gasteiger partial charge >= 0.3 is 0 Å². The first-order valence-corrected chi connectivity index (χ1v) is 21.0. The number of rotatable bonds is 6. The van der Waals surface area contributed by atoms with Gasteiger partial charge in [-0.25, -0.2) is 9.97 Å². The molecular weight excluding hydrogens is 757 g/mol. The van der Waals surface area contributed by atoms with E-state index in [4.69, 9.17) is 9.97 Å². The molecule has 0 saturated heterocycles. The van der Waals surface area contributed by atoms with Gasteiger partial charge in [-0.2, -0.15) is 0 Å². The minimum absolute atomic E-state index is 0.919. The smallest absolute Gasteiger partial charge is 0.145 e. The largest absolute Gasteiger partial charge is 0.309 e. The highest BCUT2D eigenvalue weighted by Gasteiger charge is 2.23. The maximum Gasteiger partial charge on any atom is 0.145 e. The lowest BCUT2D eigenvalue weighted by Gasteiger charge is -2.11. The van der Waals surface area contributed by atoms with Crippen molar-refractivity contribution in [2.75, 3.05) is 0 Å². The zero-order valence-corrected chi connectivity index (χ0v) is 33.5. The molecule has 0 amide bonds. The fourth-order valence-corrected chi connectivity index (χ4v) is 9.73. The Balaban J connectivity index is 1.04. The monoisotopic (exact) mass is 792 g/mol. The Morgan fingerprint density at radius 1 is 0.258 bits per heavy atom. The van der Waals surface area contributed by atoms with Crippen LogP contribution in [0, 0.1) is 0 Å². The van der Waals surface area contributed by atoms with Crippen LogP contribution in [0.2, 0.25) is 0 Å². The average Bonchev–Trinajstić information content (AvgIpc) is 4.10. The summed E-state index contributed by atoms with van der Waals surface area (Å²) >= 11 is 0. The standard InChI is InChI=1S/C56H36N6/c1-5-17-37(18-6-1)55-57-45-35-41(29-31-49(45)61(55)39-21-9-3-10-22-39)59-47-27-15-13-25-43(47)53-51(59)33-34-52-54(53)44-26-14-16-28-48(44)60(52)42-30-32-50-46(36-42)58-56(38-19-7-2-8-20-38)62(50)40-23-11-4-12-24-40/h1-36H. The Morgan fingerprint density at radius 2 is 0.613 bits per heavy atom. The quantitative estimate of drug-likeness (QED) is 0.168. The van der Waals surface area contributed by atoms with Gasteiger partial charge in [0.1, 0.15) is 11.6 Å². The summed E-state index contributed by atoms with van der Waals surface area (Å²) in [5.41, 5.74) is 15.0. The molecule has 6 heteroatoms. The molecule has 13 rings (SSSR count). The second-order valence-electron chi connectivity index (χ2n) is 15.8. The molecule has 0 saturated carbocycles. The van der Waals surface area contributed by atoms with Crippen molar-refractivity contribution in [2.24, 2.45) is 0 Å². The van der Waals surface area contributed by atoms with Crippen LogP contribution in [-0.4, -0.2) is 28.2 Å². The summed E-state index contributed by atoms with van der Waals surface area (Å²) < 4.78 is 9.36. The number of imidazole rings is 2. The molecule has 9 aromatic carbocycles. The van der Waals surface area contributed by atoms with Crippen molar-refractivity contribution in [3.05, 3.63) is 218 Å². The molecule has 62 heavy (non-hydrogen) atoms. The first-order valence-electron chi connectivity index (χ1n) is 21.0. The molecule has 0 aliphatic carbocycles. The molecule has 4 heterocycles. The molecular formula is C56H36N6. The van der Waals surface area contributed by atoms with Crippen molar-refractivity contribution in [3.63, 3.8) is 0 Å². The molecule has 0 aliphatic heterocycles. The van der Waals surface area contributed by atoms with Crippen molar-refractivity contribution >= 4 is 65.7 Å². The topological polar surface area (TPSA) is 45.5 Å². The predicted molar refractivity (Wildman–Crippen MR) is 255 cm³/mol. The number of benzene rings is 9. The summed E-state index contributed by atoms with van der Waals surface area (Å²) in [5, 5.41) is 4.88. The van der Waals surface area contributed by atoms with Gasteiger partial charge < -0.3 is 9.13 Å². The molecule has 0 aliphatic rings. The van der Waals surface area contributed by atoms with Crippen molar-refractivity contribution in [2.45, 2.75) is 0 Å². The van der Waals surface area contributed by atoms with E-state index in [1.807, 2.05) is 0 Å². The van der Waals surface area contributed by atoms with Gasteiger partial charge in [0.05, 0.1) is 44.1 Å². The number of hydrogen-bond donors (Lipinski definition) is 0. The van der Waals surface area contributed by atoms with E-state index < -0.39 is 0 Å². The van der Waals surface area contributed by atoms with Gasteiger partial charge in [0.15, 0.2) is 0 Å². The summed E-state index contributed by atoms with van der Waals surface area (Å²) in [6, 6.07) is 77.6. The molecule has 0 atom stereocenters. The number of fused-ring (bicyclic) bond motifs is 9. The molecule has 290 valence electrons. The molecule has 0 spiro atoms. The molecule has 0 bridgehead atoms. The number of para-hydroxylation sites is 4. The van der Waals surface area contributed by atoms with Crippen molar-refractivity contribution < 1.29 is 0 Å². The van der Waals surface area contributed by atoms with Gasteiger partial charge in [0.2, 0.25) is 0 Å². The van der Waals surface area contributed by atoms with E-state index in [2.05, 4.69) is 237 Å². The van der Waals surface area contributed by atoms with Crippen LogP contribution >= 0.6 is 0 Å². The van der Waals surface area contributed by atoms with Crippen molar-refractivity contribution in [3.8, 4) is 45.5 Å². The number of nitrogens with zero attached hydrogens (tertiary/aromatic N) is 6. The summed E-state index contributed by atoms with van der Waals surface area (Å²) in [7, 11) is 0. The summed E-state index contributed by atoms with van der Waals surface area (Å²) in [5.74, 6) is 1.84. The van der Waals surface area contributed by atoms with E-state index in [9.17, 15) is 0 Å². The van der Waals surface area contributed by atoms with Gasteiger partial charge in [0.25, 0.3) is 0 Å². The molecule has 0 N–H and O–H groups in total. The zero-order chi connectivity index (χ0) is 40.7. The highest BCUT2D eigenvalue weighted by Crippen LogP contribution is 2.43. The first-order chi connectivity index (χ1) is 30.8. The van der Waals surface area contributed by atoms with Gasteiger partial charge in [-0.1, -0.05) is 133 Å². The third-order valence-corrected chi connectivity index (χ3v) is 12.4. The van der Waals surface area contributed by atoms with Crippen LogP contribution in [0.25, 0.3) is 111 Å². The second kappa shape index (κ2) is 13.5. The molecule has 0 radical (unpaired) electrons. The molecule has 0 unspecified atom stereocenters. The Morgan fingerprint density at radius 3 is 1.03 bits per heavy atom. The normalized spacial score (nSPS) is 11.9. The average molecular weight is 793 g/mol. The summed E-state index contributed by atoms with van der Waals surface area (Å²) in [4.78, 5) is 10.6. The van der Waals surface area contributed by atoms with Gasteiger partial charge in [-0.3, -0.25) is 9.13 Å². The van der Waals surface area contributed by atoms with Gasteiger partial charge in [-0.15, -0.1) is 0 Å². The maximum absolute atomic E-state index is 5.32. The van der Waals surface area contributed by atoms with E-state index in [1.165, 1.54) is 21.5 Å². The lowest BCUT2D eigenvalue weighted by Crippen LogP contribution is -1.98. The van der Waals surface area contributed by atoms with Crippen molar-refractivity contribution in [1.29, 1.82) is 0 Å². The second-order valence-corrected chi connectivity index (χ2v) is 15.8. The first kappa shape index (κ1) is 34.4. The van der Waals surface area contributed by atoms with Crippen LogP contribution in [0.1, 0.15) is 0 Å². The van der Waals surface area contributed by atoms with Crippen LogP contribution in [0.3, 0.4) is 0 Å². The lowest BCUT2D eigenvalue weighted by molar-refractivity contribution is 1.10. The summed E-state index contributed by atoms with van der Waals surface area (Å²) in [6.45, 7) is 0. The molecule has 6 nitrogen and oxygen atoms in total. The van der Waals surface area contributed by atoms with Crippen molar-refractivity contribution in [1.82, 2.24) is 28.2 Å². The predicted octanol–water partition coefficient (Wildman–Crippen LogP) is 13.9. The third kappa shape index (κ3) is 5.10. The van der Waals surface area contributed by atoms with Crippen LogP contribution in [0.5, 0.6) is 0 Å². The van der Waals surface area contributed by atoms with E-state index in [0.717, 1.165) is 89.7 Å². The van der Waals surface area contributed by atoms with E-state index in [-0.39, 0.29) is 0 Å². The summed E-state index contributed by atoms with van der Waals surface area (Å²) in [6.07, 6.45) is 0. The minimum Gasteiger partial charge on any atom is -0.309 e. The molecule has 4 aromatic heterocycles. The van der Waals surface area contributed by atoms with E-state index in [1.54, 1.807) is 0 Å². The number of hydrogen-bond acceptors (Lipinski definition) is 2. The van der Waals surface area contributed by atoms with E-state index >= 15 is 0 Å². The van der Waals surface area contributed by atoms with Crippen LogP contribution in [0.4, 0.5) is 0 Å². The molecule has 0 fully saturated rings.